The van der Waals surface area contributed by atoms with Crippen molar-refractivity contribution < 1.29 is 4.79 Å². The molecule has 1 aliphatic rings. The Balaban J connectivity index is 1.88. The lowest BCUT2D eigenvalue weighted by atomic mass is 10.1. The van der Waals surface area contributed by atoms with Gasteiger partial charge in [-0.3, -0.25) is 4.79 Å². The number of anilines is 3. The highest BCUT2D eigenvalue weighted by atomic mass is 32.2. The lowest BCUT2D eigenvalue weighted by Crippen LogP contribution is -2.47. The lowest BCUT2D eigenvalue weighted by Gasteiger charge is -2.38. The van der Waals surface area contributed by atoms with Gasteiger partial charge >= 0.3 is 0 Å². The lowest BCUT2D eigenvalue weighted by molar-refractivity contribution is -0.112. The van der Waals surface area contributed by atoms with E-state index in [1.165, 1.54) is 11.3 Å². The van der Waals surface area contributed by atoms with Gasteiger partial charge < -0.3 is 20.4 Å². The number of benzene rings is 2. The number of aryl methyl sites for hydroxylation is 1. The quantitative estimate of drug-likeness (QED) is 0.194. The number of rotatable bonds is 11. The van der Waals surface area contributed by atoms with E-state index < -0.39 is 0 Å². The van der Waals surface area contributed by atoms with E-state index in [-0.39, 0.29) is 5.91 Å². The number of nitrogens with zero attached hydrogens (tertiary/aromatic N) is 2. The van der Waals surface area contributed by atoms with Crippen LogP contribution in [0.3, 0.4) is 0 Å². The molecule has 198 valence electrons. The van der Waals surface area contributed by atoms with Crippen molar-refractivity contribution in [1.82, 2.24) is 5.32 Å². The standard InChI is InChI=1S/C31H42N4OS/c1-8-9-16-32-24(5)26-14-15-29(27(21-26)33-31(36)30(22(2)3)25(6)37-7)35-19-17-34(18-20-35)28-13-11-10-12-23(28)4/h10-15,21,32H,2,5,8-9,16-20H2,1,3-4,6-7H3,(H,33,36)/b30-25+. The fraction of sp³-hybridized carbons (Fsp3) is 0.387. The van der Waals surface area contributed by atoms with Crippen LogP contribution < -0.4 is 20.4 Å². The van der Waals surface area contributed by atoms with Gasteiger partial charge in [-0.2, -0.15) is 0 Å². The minimum absolute atomic E-state index is 0.124. The molecule has 0 radical (unpaired) electrons. The summed E-state index contributed by atoms with van der Waals surface area (Å²) in [5.74, 6) is -0.124. The maximum Gasteiger partial charge on any atom is 0.256 e. The SMILES string of the molecule is C=C(C)/C(C(=O)Nc1cc(C(=C)NCCCC)ccc1N1CCN(c2ccccc2C)CC1)=C(/C)SC. The zero-order chi connectivity index (χ0) is 26.9. The highest BCUT2D eigenvalue weighted by Crippen LogP contribution is 2.32. The van der Waals surface area contributed by atoms with E-state index in [9.17, 15) is 4.79 Å². The van der Waals surface area contributed by atoms with Crippen molar-refractivity contribution in [2.24, 2.45) is 0 Å². The zero-order valence-corrected chi connectivity index (χ0v) is 23.9. The first kappa shape index (κ1) is 28.5. The number of para-hydroxylation sites is 1. The van der Waals surface area contributed by atoms with Crippen LogP contribution in [-0.2, 0) is 4.79 Å². The molecule has 0 atom stereocenters. The summed E-state index contributed by atoms with van der Waals surface area (Å²) in [6, 6.07) is 14.8. The maximum absolute atomic E-state index is 13.4. The molecule has 37 heavy (non-hydrogen) atoms. The van der Waals surface area contributed by atoms with Gasteiger partial charge in [-0.05, 0) is 73.3 Å². The number of hydrogen-bond donors (Lipinski definition) is 2. The first-order valence-electron chi connectivity index (χ1n) is 13.1. The molecule has 5 nitrogen and oxygen atoms in total. The number of thioether (sulfide) groups is 1. The van der Waals surface area contributed by atoms with Crippen molar-refractivity contribution in [3.63, 3.8) is 0 Å². The normalized spacial score (nSPS) is 14.2. The Morgan fingerprint density at radius 2 is 1.65 bits per heavy atom. The highest BCUT2D eigenvalue weighted by Gasteiger charge is 2.23. The van der Waals surface area contributed by atoms with Gasteiger partial charge in [-0.25, -0.2) is 0 Å². The van der Waals surface area contributed by atoms with Crippen molar-refractivity contribution in [3.8, 4) is 0 Å². The molecule has 3 rings (SSSR count). The Hall–Kier alpha value is -3.12. The Morgan fingerprint density at radius 1 is 1.00 bits per heavy atom. The van der Waals surface area contributed by atoms with Crippen molar-refractivity contribution in [2.75, 3.05) is 54.1 Å². The van der Waals surface area contributed by atoms with Crippen LogP contribution >= 0.6 is 11.8 Å². The molecule has 1 fully saturated rings. The number of amides is 1. The molecular weight excluding hydrogens is 476 g/mol. The number of carbonyl (C=O) groups is 1. The molecular formula is C31H42N4OS. The Bertz CT molecular complexity index is 1160. The summed E-state index contributed by atoms with van der Waals surface area (Å²) >= 11 is 1.57. The smallest absolute Gasteiger partial charge is 0.256 e. The van der Waals surface area contributed by atoms with Crippen LogP contribution in [0.15, 0.2) is 71.7 Å². The minimum atomic E-state index is -0.124. The molecule has 2 aromatic rings. The van der Waals surface area contributed by atoms with Crippen LogP contribution in [0.25, 0.3) is 5.70 Å². The predicted molar refractivity (Wildman–Crippen MR) is 164 cm³/mol. The highest BCUT2D eigenvalue weighted by molar-refractivity contribution is 8.02. The summed E-state index contributed by atoms with van der Waals surface area (Å²) in [7, 11) is 0. The molecule has 0 bridgehead atoms. The number of nitrogens with one attached hydrogen (secondary N) is 2. The van der Waals surface area contributed by atoms with Gasteiger partial charge in [0.2, 0.25) is 0 Å². The second-order valence-electron chi connectivity index (χ2n) is 9.62. The number of unbranched alkanes of at least 4 members (excludes halogenated alkanes) is 1. The summed E-state index contributed by atoms with van der Waals surface area (Å²) < 4.78 is 0. The molecule has 1 heterocycles. The third kappa shape index (κ3) is 7.22. The molecule has 0 unspecified atom stereocenters. The fourth-order valence-electron chi connectivity index (χ4n) is 4.67. The largest absolute Gasteiger partial charge is 0.385 e. The van der Waals surface area contributed by atoms with E-state index in [1.54, 1.807) is 11.8 Å². The summed E-state index contributed by atoms with van der Waals surface area (Å²) in [4.78, 5) is 19.2. The summed E-state index contributed by atoms with van der Waals surface area (Å²) in [5.41, 5.74) is 7.69. The molecule has 0 saturated carbocycles. The monoisotopic (exact) mass is 518 g/mol. The van der Waals surface area contributed by atoms with Crippen molar-refractivity contribution >= 4 is 40.4 Å². The van der Waals surface area contributed by atoms with E-state index in [0.717, 1.165) is 78.7 Å². The van der Waals surface area contributed by atoms with Gasteiger partial charge in [-0.15, -0.1) is 11.8 Å². The molecule has 0 aromatic heterocycles. The number of hydrogen-bond acceptors (Lipinski definition) is 5. The molecule has 0 aliphatic carbocycles. The van der Waals surface area contributed by atoms with Gasteiger partial charge in [-0.1, -0.05) is 50.8 Å². The van der Waals surface area contributed by atoms with E-state index in [1.807, 2.05) is 26.2 Å². The summed E-state index contributed by atoms with van der Waals surface area (Å²) in [6.07, 6.45) is 4.20. The van der Waals surface area contributed by atoms with E-state index in [2.05, 4.69) is 83.8 Å². The first-order valence-corrected chi connectivity index (χ1v) is 14.3. The van der Waals surface area contributed by atoms with Crippen molar-refractivity contribution in [1.29, 1.82) is 0 Å². The average molecular weight is 519 g/mol. The fourth-order valence-corrected chi connectivity index (χ4v) is 5.14. The van der Waals surface area contributed by atoms with Gasteiger partial charge in [0.05, 0.1) is 16.9 Å². The number of piperazine rings is 1. The number of allylic oxidation sites excluding steroid dienone is 1. The van der Waals surface area contributed by atoms with E-state index >= 15 is 0 Å². The molecule has 1 amide bonds. The van der Waals surface area contributed by atoms with Crippen molar-refractivity contribution in [2.45, 2.75) is 40.5 Å². The van der Waals surface area contributed by atoms with Crippen LogP contribution in [-0.4, -0.2) is 44.9 Å². The van der Waals surface area contributed by atoms with Gasteiger partial charge in [0.1, 0.15) is 0 Å². The van der Waals surface area contributed by atoms with E-state index in [4.69, 9.17) is 0 Å². The van der Waals surface area contributed by atoms with Crippen LogP contribution in [0.4, 0.5) is 17.1 Å². The third-order valence-corrected chi connectivity index (χ3v) is 7.67. The van der Waals surface area contributed by atoms with Gasteiger partial charge in [0.15, 0.2) is 0 Å². The third-order valence-electron chi connectivity index (χ3n) is 6.85. The average Bonchev–Trinajstić information content (AvgIpc) is 2.89. The molecule has 6 heteroatoms. The van der Waals surface area contributed by atoms with E-state index in [0.29, 0.717) is 5.57 Å². The summed E-state index contributed by atoms with van der Waals surface area (Å²) in [6.45, 7) is 21.0. The molecule has 2 N–H and O–H groups in total. The second-order valence-corrected chi connectivity index (χ2v) is 10.6. The minimum Gasteiger partial charge on any atom is -0.385 e. The molecule has 0 spiro atoms. The predicted octanol–water partition coefficient (Wildman–Crippen LogP) is 6.83. The Labute approximate surface area is 227 Å². The topological polar surface area (TPSA) is 47.6 Å². The second kappa shape index (κ2) is 13.4. The van der Waals surface area contributed by atoms with Crippen LogP contribution in [0.5, 0.6) is 0 Å². The maximum atomic E-state index is 13.4. The van der Waals surface area contributed by atoms with Crippen LogP contribution in [0, 0.1) is 6.92 Å². The van der Waals surface area contributed by atoms with Crippen LogP contribution in [0.1, 0.15) is 44.7 Å². The Morgan fingerprint density at radius 3 is 2.24 bits per heavy atom. The van der Waals surface area contributed by atoms with Gasteiger partial charge in [0.25, 0.3) is 5.91 Å². The van der Waals surface area contributed by atoms with Crippen LogP contribution in [0.2, 0.25) is 0 Å². The van der Waals surface area contributed by atoms with Gasteiger partial charge in [0, 0.05) is 44.1 Å². The zero-order valence-electron chi connectivity index (χ0n) is 23.1. The van der Waals surface area contributed by atoms with Crippen molar-refractivity contribution in [3.05, 3.63) is 82.8 Å². The first-order chi connectivity index (χ1) is 17.8. The molecule has 1 aliphatic heterocycles. The summed E-state index contributed by atoms with van der Waals surface area (Å²) in [5, 5.41) is 6.65. The Kier molecular flexibility index (Phi) is 10.3. The number of carbonyl (C=O) groups excluding carboxylic acids is 1. The molecule has 1 saturated heterocycles. The molecule has 2 aromatic carbocycles.